The van der Waals surface area contributed by atoms with Crippen LogP contribution in [0.2, 0.25) is 5.02 Å². The van der Waals surface area contributed by atoms with E-state index in [0.717, 1.165) is 38.1 Å². The zero-order chi connectivity index (χ0) is 18.0. The Labute approximate surface area is 148 Å². The predicted molar refractivity (Wildman–Crippen MR) is 92.3 cm³/mol. The van der Waals surface area contributed by atoms with Crippen LogP contribution in [0.15, 0.2) is 42.5 Å². The van der Waals surface area contributed by atoms with Gasteiger partial charge in [0.2, 0.25) is 0 Å². The summed E-state index contributed by atoms with van der Waals surface area (Å²) in [6.45, 7) is 1.52. The van der Waals surface area contributed by atoms with Crippen LogP contribution in [0.3, 0.4) is 0 Å². The second kappa shape index (κ2) is 6.96. The Morgan fingerprint density at radius 3 is 2.28 bits per heavy atom. The van der Waals surface area contributed by atoms with Crippen molar-refractivity contribution in [3.8, 4) is 0 Å². The van der Waals surface area contributed by atoms with Crippen LogP contribution < -0.4 is 10.2 Å². The Morgan fingerprint density at radius 2 is 1.68 bits per heavy atom. The molecule has 2 aromatic rings. The Morgan fingerprint density at radius 1 is 1.04 bits per heavy atom. The highest BCUT2D eigenvalue weighted by Crippen LogP contribution is 2.36. The van der Waals surface area contributed by atoms with Crippen LogP contribution in [-0.4, -0.2) is 19.0 Å². The van der Waals surface area contributed by atoms with E-state index in [1.54, 1.807) is 12.1 Å². The molecule has 1 heterocycles. The van der Waals surface area contributed by atoms with Gasteiger partial charge in [0.1, 0.15) is 0 Å². The van der Waals surface area contributed by atoms with Crippen molar-refractivity contribution in [2.75, 3.05) is 23.3 Å². The van der Waals surface area contributed by atoms with Crippen LogP contribution in [0.5, 0.6) is 0 Å². The third kappa shape index (κ3) is 4.07. The van der Waals surface area contributed by atoms with Crippen molar-refractivity contribution in [2.24, 2.45) is 0 Å². The molecule has 0 spiro atoms. The molecule has 0 bridgehead atoms. The van der Waals surface area contributed by atoms with Crippen LogP contribution in [0, 0.1) is 0 Å². The minimum atomic E-state index is -4.47. The molecule has 7 heteroatoms. The lowest BCUT2D eigenvalue weighted by Gasteiger charge is -2.23. The number of anilines is 2. The molecule has 1 saturated heterocycles. The molecule has 132 valence electrons. The molecule has 1 fully saturated rings. The maximum atomic E-state index is 13.0. The van der Waals surface area contributed by atoms with Gasteiger partial charge in [-0.15, -0.1) is 0 Å². The minimum Gasteiger partial charge on any atom is -0.370 e. The maximum absolute atomic E-state index is 13.0. The third-order valence-corrected chi connectivity index (χ3v) is 4.38. The van der Waals surface area contributed by atoms with Crippen molar-refractivity contribution >= 4 is 28.9 Å². The van der Waals surface area contributed by atoms with Gasteiger partial charge < -0.3 is 10.2 Å². The lowest BCUT2D eigenvalue weighted by Crippen LogP contribution is -2.22. The minimum absolute atomic E-state index is 0.164. The van der Waals surface area contributed by atoms with E-state index in [1.165, 1.54) is 18.2 Å². The average molecular weight is 369 g/mol. The van der Waals surface area contributed by atoms with Gasteiger partial charge in [0.25, 0.3) is 5.91 Å². The molecule has 0 unspecified atom stereocenters. The van der Waals surface area contributed by atoms with Crippen molar-refractivity contribution in [2.45, 2.75) is 19.0 Å². The number of hydrogen-bond acceptors (Lipinski definition) is 2. The van der Waals surface area contributed by atoms with Crippen LogP contribution in [0.25, 0.3) is 0 Å². The van der Waals surface area contributed by atoms with Crippen LogP contribution in [-0.2, 0) is 6.18 Å². The summed E-state index contributed by atoms with van der Waals surface area (Å²) in [5.41, 5.74) is 0.306. The van der Waals surface area contributed by atoms with Gasteiger partial charge in [-0.05, 0) is 55.3 Å². The lowest BCUT2D eigenvalue weighted by atomic mass is 10.1. The first-order valence-electron chi connectivity index (χ1n) is 7.88. The number of carbonyl (C=O) groups is 1. The average Bonchev–Trinajstić information content (AvgIpc) is 3.08. The number of amides is 1. The zero-order valence-corrected chi connectivity index (χ0v) is 14.0. The third-order valence-electron chi connectivity index (χ3n) is 4.13. The summed E-state index contributed by atoms with van der Waals surface area (Å²) in [6.07, 6.45) is -2.51. The number of benzene rings is 2. The van der Waals surface area contributed by atoms with Crippen LogP contribution in [0.1, 0.15) is 28.8 Å². The number of hydrogen-bond donors (Lipinski definition) is 1. The Kier molecular flexibility index (Phi) is 4.90. The Bertz CT molecular complexity index is 769. The number of carbonyl (C=O) groups excluding carboxylic acids is 1. The first-order chi connectivity index (χ1) is 11.8. The molecular weight excluding hydrogens is 353 g/mol. The largest absolute Gasteiger partial charge is 0.416 e. The monoisotopic (exact) mass is 368 g/mol. The zero-order valence-electron chi connectivity index (χ0n) is 13.2. The molecule has 3 rings (SSSR count). The molecule has 2 aromatic carbocycles. The smallest absolute Gasteiger partial charge is 0.370 e. The maximum Gasteiger partial charge on any atom is 0.416 e. The first kappa shape index (κ1) is 17.6. The van der Waals surface area contributed by atoms with Gasteiger partial charge in [0.05, 0.1) is 16.9 Å². The highest BCUT2D eigenvalue weighted by molar-refractivity contribution is 6.30. The van der Waals surface area contributed by atoms with Crippen molar-refractivity contribution in [3.05, 3.63) is 58.6 Å². The quantitative estimate of drug-likeness (QED) is 0.806. The number of rotatable bonds is 3. The molecule has 0 radical (unpaired) electrons. The fourth-order valence-corrected chi connectivity index (χ4v) is 2.97. The van der Waals surface area contributed by atoms with E-state index < -0.39 is 17.6 Å². The second-order valence-corrected chi connectivity index (χ2v) is 6.32. The molecule has 0 aromatic heterocycles. The summed E-state index contributed by atoms with van der Waals surface area (Å²) < 4.78 is 39.1. The van der Waals surface area contributed by atoms with Crippen molar-refractivity contribution in [3.63, 3.8) is 0 Å². The van der Waals surface area contributed by atoms with Crippen molar-refractivity contribution < 1.29 is 18.0 Å². The molecule has 0 atom stereocenters. The molecule has 0 aliphatic carbocycles. The predicted octanol–water partition coefficient (Wildman–Crippen LogP) is 5.21. The molecule has 1 amide bonds. The number of alkyl halides is 3. The van der Waals surface area contributed by atoms with Crippen molar-refractivity contribution in [1.29, 1.82) is 0 Å². The van der Waals surface area contributed by atoms with E-state index in [1.807, 2.05) is 4.90 Å². The number of nitrogens with one attached hydrogen (secondary N) is 1. The number of halogens is 4. The van der Waals surface area contributed by atoms with Gasteiger partial charge in [0.15, 0.2) is 0 Å². The van der Waals surface area contributed by atoms with Gasteiger partial charge in [-0.2, -0.15) is 13.2 Å². The van der Waals surface area contributed by atoms with E-state index in [2.05, 4.69) is 5.32 Å². The molecule has 25 heavy (non-hydrogen) atoms. The summed E-state index contributed by atoms with van der Waals surface area (Å²) in [4.78, 5) is 14.4. The fourth-order valence-electron chi connectivity index (χ4n) is 2.84. The van der Waals surface area contributed by atoms with Crippen LogP contribution in [0.4, 0.5) is 24.5 Å². The van der Waals surface area contributed by atoms with Gasteiger partial charge in [-0.1, -0.05) is 11.6 Å². The van der Waals surface area contributed by atoms with E-state index in [4.69, 9.17) is 11.6 Å². The SMILES string of the molecule is O=C(Nc1cc(C(F)(F)F)ccc1N1CCCC1)c1ccc(Cl)cc1. The van der Waals surface area contributed by atoms with Crippen molar-refractivity contribution in [1.82, 2.24) is 0 Å². The van der Waals surface area contributed by atoms with Crippen LogP contribution >= 0.6 is 11.6 Å². The summed E-state index contributed by atoms with van der Waals surface area (Å²) in [5, 5.41) is 3.09. The summed E-state index contributed by atoms with van der Waals surface area (Å²) >= 11 is 5.80. The number of nitrogens with zero attached hydrogens (tertiary/aromatic N) is 1. The van der Waals surface area contributed by atoms with E-state index in [9.17, 15) is 18.0 Å². The van der Waals surface area contributed by atoms with E-state index >= 15 is 0 Å². The summed E-state index contributed by atoms with van der Waals surface area (Å²) in [7, 11) is 0. The molecule has 1 aliphatic heterocycles. The highest BCUT2D eigenvalue weighted by atomic mass is 35.5. The molecule has 3 nitrogen and oxygen atoms in total. The molecular formula is C18H16ClF3N2O. The van der Waals surface area contributed by atoms with Gasteiger partial charge in [-0.3, -0.25) is 4.79 Å². The Hall–Kier alpha value is -2.21. The highest BCUT2D eigenvalue weighted by Gasteiger charge is 2.32. The first-order valence-corrected chi connectivity index (χ1v) is 8.25. The standard InChI is InChI=1S/C18H16ClF3N2O/c19-14-6-3-12(4-7-14)17(25)23-15-11-13(18(20,21)22)5-8-16(15)24-9-1-2-10-24/h3-8,11H,1-2,9-10H2,(H,23,25). The summed E-state index contributed by atoms with van der Waals surface area (Å²) in [6, 6.07) is 9.63. The van der Waals surface area contributed by atoms with Gasteiger partial charge in [0, 0.05) is 23.7 Å². The molecule has 1 aliphatic rings. The lowest BCUT2D eigenvalue weighted by molar-refractivity contribution is -0.137. The molecule has 0 saturated carbocycles. The van der Waals surface area contributed by atoms with E-state index in [0.29, 0.717) is 16.3 Å². The second-order valence-electron chi connectivity index (χ2n) is 5.88. The topological polar surface area (TPSA) is 32.3 Å². The Balaban J connectivity index is 1.93. The van der Waals surface area contributed by atoms with Gasteiger partial charge >= 0.3 is 6.18 Å². The van der Waals surface area contributed by atoms with Gasteiger partial charge in [-0.25, -0.2) is 0 Å². The summed E-state index contributed by atoms with van der Waals surface area (Å²) in [5.74, 6) is -0.476. The molecule has 1 N–H and O–H groups in total. The normalized spacial score (nSPS) is 14.6. The fraction of sp³-hybridized carbons (Fsp3) is 0.278. The van der Waals surface area contributed by atoms with E-state index in [-0.39, 0.29) is 5.69 Å².